The van der Waals surface area contributed by atoms with Crippen molar-refractivity contribution in [2.45, 2.75) is 64.4 Å². The summed E-state index contributed by atoms with van der Waals surface area (Å²) in [7, 11) is 1.65. The zero-order valence-corrected chi connectivity index (χ0v) is 19.4. The van der Waals surface area contributed by atoms with Gasteiger partial charge < -0.3 is 19.4 Å². The van der Waals surface area contributed by atoms with Gasteiger partial charge >= 0.3 is 0 Å². The van der Waals surface area contributed by atoms with Gasteiger partial charge in [0.1, 0.15) is 5.75 Å². The van der Waals surface area contributed by atoms with Crippen LogP contribution >= 0.6 is 11.8 Å². The molecule has 3 rings (SSSR count). The third-order valence-electron chi connectivity index (χ3n) is 5.62. The maximum absolute atomic E-state index is 12.8. The smallest absolute Gasteiger partial charge is 0.230 e. The van der Waals surface area contributed by atoms with Crippen molar-refractivity contribution < 1.29 is 14.3 Å². The van der Waals surface area contributed by atoms with Gasteiger partial charge in [0, 0.05) is 12.3 Å². The molecular formula is C23H33N3O3S. The number of benzene rings is 1. The SMILES string of the molecule is COc1ccc(C(NC(=O)CSc2nc(C)c(C)n2CC2CCCO2)C(C)C)cc1. The van der Waals surface area contributed by atoms with E-state index in [9.17, 15) is 4.79 Å². The lowest BCUT2D eigenvalue weighted by Gasteiger charge is -2.23. The van der Waals surface area contributed by atoms with Crippen molar-refractivity contribution in [2.75, 3.05) is 19.5 Å². The van der Waals surface area contributed by atoms with Crippen molar-refractivity contribution >= 4 is 17.7 Å². The summed E-state index contributed by atoms with van der Waals surface area (Å²) >= 11 is 1.49. The highest BCUT2D eigenvalue weighted by Gasteiger charge is 2.22. The van der Waals surface area contributed by atoms with Crippen LogP contribution in [0.4, 0.5) is 0 Å². The van der Waals surface area contributed by atoms with Gasteiger partial charge in [-0.2, -0.15) is 0 Å². The number of rotatable bonds is 9. The van der Waals surface area contributed by atoms with E-state index in [-0.39, 0.29) is 24.0 Å². The molecule has 1 N–H and O–H groups in total. The number of nitrogens with one attached hydrogen (secondary N) is 1. The maximum Gasteiger partial charge on any atom is 0.230 e. The minimum absolute atomic E-state index is 0.0106. The Kier molecular flexibility index (Phi) is 7.83. The van der Waals surface area contributed by atoms with Gasteiger partial charge in [0.15, 0.2) is 5.16 Å². The van der Waals surface area contributed by atoms with E-state index in [0.29, 0.717) is 5.75 Å². The number of thioether (sulfide) groups is 1. The second-order valence-corrected chi connectivity index (χ2v) is 9.10. The molecular weight excluding hydrogens is 398 g/mol. The van der Waals surface area contributed by atoms with Gasteiger partial charge in [-0.1, -0.05) is 37.7 Å². The number of amides is 1. The van der Waals surface area contributed by atoms with E-state index in [0.717, 1.165) is 53.9 Å². The van der Waals surface area contributed by atoms with E-state index < -0.39 is 0 Å². The van der Waals surface area contributed by atoms with Crippen molar-refractivity contribution in [1.82, 2.24) is 14.9 Å². The first-order chi connectivity index (χ1) is 14.4. The summed E-state index contributed by atoms with van der Waals surface area (Å²) < 4.78 is 13.2. The molecule has 1 aliphatic heterocycles. The molecule has 1 amide bonds. The summed E-state index contributed by atoms with van der Waals surface area (Å²) in [6.45, 7) is 9.97. The third-order valence-corrected chi connectivity index (χ3v) is 6.60. The molecule has 1 aromatic heterocycles. The van der Waals surface area contributed by atoms with Gasteiger partial charge in [0.2, 0.25) is 5.91 Å². The van der Waals surface area contributed by atoms with E-state index in [4.69, 9.17) is 14.5 Å². The quantitative estimate of drug-likeness (QED) is 0.600. The summed E-state index contributed by atoms with van der Waals surface area (Å²) in [6.07, 6.45) is 2.44. The van der Waals surface area contributed by atoms with Gasteiger partial charge in [0.05, 0.1) is 37.2 Å². The number of methoxy groups -OCH3 is 1. The molecule has 1 aliphatic rings. The molecule has 1 aromatic carbocycles. The number of hydrogen-bond acceptors (Lipinski definition) is 5. The first-order valence-corrected chi connectivity index (χ1v) is 11.6. The second-order valence-electron chi connectivity index (χ2n) is 8.16. The fourth-order valence-corrected chi connectivity index (χ4v) is 4.64. The average Bonchev–Trinajstić information content (AvgIpc) is 3.34. The molecule has 164 valence electrons. The van der Waals surface area contributed by atoms with E-state index in [1.165, 1.54) is 11.8 Å². The van der Waals surface area contributed by atoms with E-state index in [2.05, 4.69) is 30.7 Å². The minimum Gasteiger partial charge on any atom is -0.497 e. The predicted molar refractivity (Wildman–Crippen MR) is 120 cm³/mol. The molecule has 30 heavy (non-hydrogen) atoms. The monoisotopic (exact) mass is 431 g/mol. The minimum atomic E-state index is -0.0425. The molecule has 2 heterocycles. The van der Waals surface area contributed by atoms with Crippen LogP contribution < -0.4 is 10.1 Å². The number of hydrogen-bond donors (Lipinski definition) is 1. The van der Waals surface area contributed by atoms with Crippen LogP contribution in [0.25, 0.3) is 0 Å². The Morgan fingerprint density at radius 1 is 1.33 bits per heavy atom. The number of carbonyl (C=O) groups excluding carboxylic acids is 1. The van der Waals surface area contributed by atoms with Crippen LogP contribution in [0.15, 0.2) is 29.4 Å². The van der Waals surface area contributed by atoms with Gasteiger partial charge in [-0.15, -0.1) is 0 Å². The third kappa shape index (κ3) is 5.58. The zero-order chi connectivity index (χ0) is 21.7. The molecule has 6 nitrogen and oxygen atoms in total. The van der Waals surface area contributed by atoms with Crippen LogP contribution in [0.3, 0.4) is 0 Å². The van der Waals surface area contributed by atoms with Gasteiger partial charge in [-0.05, 0) is 50.3 Å². The molecule has 0 spiro atoms. The Morgan fingerprint density at radius 3 is 2.67 bits per heavy atom. The Morgan fingerprint density at radius 2 is 2.07 bits per heavy atom. The molecule has 0 saturated carbocycles. The van der Waals surface area contributed by atoms with Crippen molar-refractivity contribution in [3.8, 4) is 5.75 Å². The molecule has 0 aliphatic carbocycles. The van der Waals surface area contributed by atoms with Crippen molar-refractivity contribution in [2.24, 2.45) is 5.92 Å². The molecule has 2 atom stereocenters. The fourth-order valence-electron chi connectivity index (χ4n) is 3.73. The number of imidazole rings is 1. The standard InChI is InChI=1S/C23H33N3O3S/c1-15(2)22(18-8-10-19(28-5)11-9-18)25-21(27)14-30-23-24-16(3)17(4)26(23)13-20-7-6-12-29-20/h8-11,15,20,22H,6-7,12-14H2,1-5H3,(H,25,27). The molecule has 2 unspecified atom stereocenters. The van der Waals surface area contributed by atoms with Gasteiger partial charge in [0.25, 0.3) is 0 Å². The largest absolute Gasteiger partial charge is 0.497 e. The summed E-state index contributed by atoms with van der Waals surface area (Å²) in [5, 5.41) is 4.08. The van der Waals surface area contributed by atoms with Crippen molar-refractivity contribution in [1.29, 1.82) is 0 Å². The number of aromatic nitrogens is 2. The van der Waals surface area contributed by atoms with Gasteiger partial charge in [-0.25, -0.2) is 4.98 Å². The summed E-state index contributed by atoms with van der Waals surface area (Å²) in [4.78, 5) is 17.4. The van der Waals surface area contributed by atoms with Crippen LogP contribution in [0.5, 0.6) is 5.75 Å². The molecule has 1 saturated heterocycles. The van der Waals surface area contributed by atoms with Crippen molar-refractivity contribution in [3.63, 3.8) is 0 Å². The number of aryl methyl sites for hydroxylation is 1. The number of nitrogens with zero attached hydrogens (tertiary/aromatic N) is 2. The van der Waals surface area contributed by atoms with Gasteiger partial charge in [-0.3, -0.25) is 4.79 Å². The molecule has 1 fully saturated rings. The second kappa shape index (κ2) is 10.4. The van der Waals surface area contributed by atoms with Crippen molar-refractivity contribution in [3.05, 3.63) is 41.2 Å². The first-order valence-electron chi connectivity index (χ1n) is 10.6. The Hall–Kier alpha value is -1.99. The highest BCUT2D eigenvalue weighted by molar-refractivity contribution is 7.99. The lowest BCUT2D eigenvalue weighted by Crippen LogP contribution is -2.33. The molecule has 0 radical (unpaired) electrons. The first kappa shape index (κ1) is 22.7. The molecule has 2 aromatic rings. The van der Waals surface area contributed by atoms with Crippen LogP contribution in [-0.4, -0.2) is 41.0 Å². The Balaban J connectivity index is 1.63. The summed E-state index contributed by atoms with van der Waals surface area (Å²) in [5.41, 5.74) is 3.23. The van der Waals surface area contributed by atoms with Crippen LogP contribution in [0, 0.1) is 19.8 Å². The average molecular weight is 432 g/mol. The summed E-state index contributed by atoms with van der Waals surface area (Å²) in [5.74, 6) is 1.43. The lowest BCUT2D eigenvalue weighted by atomic mass is 9.96. The number of ether oxygens (including phenoxy) is 2. The molecule has 0 bridgehead atoms. The van der Waals surface area contributed by atoms with Crippen LogP contribution in [0.1, 0.15) is 49.7 Å². The Labute approximate surface area is 183 Å². The van der Waals surface area contributed by atoms with Crippen LogP contribution in [-0.2, 0) is 16.1 Å². The topological polar surface area (TPSA) is 65.4 Å². The maximum atomic E-state index is 12.8. The summed E-state index contributed by atoms with van der Waals surface area (Å²) in [6, 6.07) is 7.84. The van der Waals surface area contributed by atoms with E-state index in [1.807, 2.05) is 31.2 Å². The highest BCUT2D eigenvalue weighted by atomic mass is 32.2. The van der Waals surface area contributed by atoms with E-state index in [1.54, 1.807) is 7.11 Å². The zero-order valence-electron chi connectivity index (χ0n) is 18.6. The van der Waals surface area contributed by atoms with Crippen LogP contribution in [0.2, 0.25) is 0 Å². The lowest BCUT2D eigenvalue weighted by molar-refractivity contribution is -0.119. The molecule has 7 heteroatoms. The Bertz CT molecular complexity index is 842. The highest BCUT2D eigenvalue weighted by Crippen LogP contribution is 2.26. The number of carbonyl (C=O) groups is 1. The fraction of sp³-hybridized carbons (Fsp3) is 0.565. The normalized spacial score (nSPS) is 17.3. The van der Waals surface area contributed by atoms with E-state index >= 15 is 0 Å². The predicted octanol–water partition coefficient (Wildman–Crippen LogP) is 4.29.